The Hall–Kier alpha value is -3.10. The summed E-state index contributed by atoms with van der Waals surface area (Å²) in [6.07, 6.45) is 2.17. The Morgan fingerprint density at radius 3 is 2.61 bits per heavy atom. The standard InChI is InChI=1S/C12H9FN4O4.C2H6/c1-15-10(16-5-14)4-9-11-7(12(18)21-9)2-6(13)3-8(11)17(19)20;1-2/h2-5H,1H3,(H2,14,15,16);1-2H3/b9-4-;. The molecule has 122 valence electrons. The van der Waals surface area contributed by atoms with Crippen LogP contribution in [-0.2, 0) is 4.74 Å². The molecule has 2 rings (SSSR count). The number of fused-ring (bicyclic) bond motifs is 1. The van der Waals surface area contributed by atoms with E-state index in [4.69, 9.17) is 10.5 Å². The second kappa shape index (κ2) is 7.78. The van der Waals surface area contributed by atoms with Gasteiger partial charge in [-0.3, -0.25) is 15.1 Å². The fourth-order valence-electron chi connectivity index (χ4n) is 1.82. The van der Waals surface area contributed by atoms with Crippen molar-refractivity contribution in [3.8, 4) is 0 Å². The van der Waals surface area contributed by atoms with Crippen molar-refractivity contribution in [2.45, 2.75) is 13.8 Å². The monoisotopic (exact) mass is 322 g/mol. The molecule has 0 spiro atoms. The molecule has 1 aromatic rings. The zero-order valence-corrected chi connectivity index (χ0v) is 12.7. The average molecular weight is 322 g/mol. The third-order valence-corrected chi connectivity index (χ3v) is 2.64. The molecule has 8 nitrogen and oxygen atoms in total. The van der Waals surface area contributed by atoms with Gasteiger partial charge in [0.1, 0.15) is 17.1 Å². The van der Waals surface area contributed by atoms with E-state index in [0.29, 0.717) is 6.07 Å². The number of amidine groups is 1. The van der Waals surface area contributed by atoms with Gasteiger partial charge in [0.15, 0.2) is 5.84 Å². The zero-order chi connectivity index (χ0) is 17.6. The number of hydrogen-bond donors (Lipinski definition) is 1. The first-order valence-corrected chi connectivity index (χ1v) is 6.61. The molecular formula is C14H15FN4O4. The summed E-state index contributed by atoms with van der Waals surface area (Å²) < 4.78 is 18.2. The Kier molecular flexibility index (Phi) is 6.07. The van der Waals surface area contributed by atoms with E-state index in [-0.39, 0.29) is 22.7 Å². The normalized spacial score (nSPS) is 15.2. The number of aliphatic imine (C=N–C) groups is 2. The van der Waals surface area contributed by atoms with E-state index in [9.17, 15) is 19.3 Å². The number of nitro benzene ring substituents is 1. The van der Waals surface area contributed by atoms with Crippen LogP contribution in [0.3, 0.4) is 0 Å². The molecule has 0 unspecified atom stereocenters. The van der Waals surface area contributed by atoms with Crippen molar-refractivity contribution in [1.29, 1.82) is 0 Å². The molecule has 0 saturated heterocycles. The first-order valence-electron chi connectivity index (χ1n) is 6.61. The van der Waals surface area contributed by atoms with Crippen LogP contribution >= 0.6 is 0 Å². The molecule has 1 aliphatic rings. The van der Waals surface area contributed by atoms with Gasteiger partial charge in [-0.2, -0.15) is 0 Å². The highest BCUT2D eigenvalue weighted by Gasteiger charge is 2.35. The van der Waals surface area contributed by atoms with Gasteiger partial charge in [0.2, 0.25) is 0 Å². The Bertz CT molecular complexity index is 726. The zero-order valence-electron chi connectivity index (χ0n) is 12.7. The SMILES string of the molecule is CC.CN=C(/C=C1\OC(=O)c2cc(F)cc([N+](=O)[O-])c21)N=CN. The molecule has 0 aromatic heterocycles. The van der Waals surface area contributed by atoms with Crippen molar-refractivity contribution in [1.82, 2.24) is 0 Å². The fourth-order valence-corrected chi connectivity index (χ4v) is 1.82. The first kappa shape index (κ1) is 18.0. The van der Waals surface area contributed by atoms with Crippen LogP contribution < -0.4 is 5.73 Å². The van der Waals surface area contributed by atoms with Crippen LogP contribution in [0.4, 0.5) is 10.1 Å². The van der Waals surface area contributed by atoms with E-state index >= 15 is 0 Å². The Labute approximate surface area is 131 Å². The number of carbonyl (C=O) groups excluding carboxylic acids is 1. The number of nitrogens with zero attached hydrogens (tertiary/aromatic N) is 3. The van der Waals surface area contributed by atoms with Gasteiger partial charge in [-0.05, 0) is 6.07 Å². The van der Waals surface area contributed by atoms with Gasteiger partial charge in [0.25, 0.3) is 5.69 Å². The Morgan fingerprint density at radius 2 is 2.09 bits per heavy atom. The maximum atomic E-state index is 13.3. The summed E-state index contributed by atoms with van der Waals surface area (Å²) in [5.74, 6) is -1.83. The molecule has 1 aliphatic heterocycles. The summed E-state index contributed by atoms with van der Waals surface area (Å²) in [6, 6.07) is 1.59. The van der Waals surface area contributed by atoms with Gasteiger partial charge >= 0.3 is 5.97 Å². The summed E-state index contributed by atoms with van der Waals surface area (Å²) in [5, 5.41) is 11.0. The molecule has 23 heavy (non-hydrogen) atoms. The van der Waals surface area contributed by atoms with E-state index < -0.39 is 22.4 Å². The maximum absolute atomic E-state index is 13.3. The minimum atomic E-state index is -0.900. The lowest BCUT2D eigenvalue weighted by Gasteiger charge is -2.00. The summed E-state index contributed by atoms with van der Waals surface area (Å²) >= 11 is 0. The predicted octanol–water partition coefficient (Wildman–Crippen LogP) is 2.29. The lowest BCUT2D eigenvalue weighted by Crippen LogP contribution is -1.99. The summed E-state index contributed by atoms with van der Waals surface area (Å²) in [5.41, 5.74) is 4.22. The molecule has 0 saturated carbocycles. The van der Waals surface area contributed by atoms with Crippen LogP contribution in [0.1, 0.15) is 29.8 Å². The third kappa shape index (κ3) is 3.76. The minimum Gasteiger partial charge on any atom is -0.422 e. The third-order valence-electron chi connectivity index (χ3n) is 2.64. The molecule has 0 radical (unpaired) electrons. The molecule has 0 amide bonds. The highest BCUT2D eigenvalue weighted by atomic mass is 19.1. The van der Waals surface area contributed by atoms with Gasteiger partial charge in [-0.1, -0.05) is 13.8 Å². The molecule has 0 fully saturated rings. The topological polar surface area (TPSA) is 120 Å². The number of benzene rings is 1. The van der Waals surface area contributed by atoms with Crippen molar-refractivity contribution in [2.75, 3.05) is 7.05 Å². The molecule has 9 heteroatoms. The van der Waals surface area contributed by atoms with Gasteiger partial charge < -0.3 is 10.5 Å². The number of esters is 1. The number of halogens is 1. The van der Waals surface area contributed by atoms with Crippen molar-refractivity contribution in [3.63, 3.8) is 0 Å². The van der Waals surface area contributed by atoms with Gasteiger partial charge in [0.05, 0.1) is 22.9 Å². The second-order valence-electron chi connectivity index (χ2n) is 3.86. The summed E-state index contributed by atoms with van der Waals surface area (Å²) in [6.45, 7) is 4.00. The van der Waals surface area contributed by atoms with Crippen LogP contribution in [-0.4, -0.2) is 30.1 Å². The van der Waals surface area contributed by atoms with Crippen LogP contribution in [0.15, 0.2) is 28.2 Å². The maximum Gasteiger partial charge on any atom is 0.344 e. The predicted molar refractivity (Wildman–Crippen MR) is 83.8 cm³/mol. The van der Waals surface area contributed by atoms with Crippen molar-refractivity contribution >= 4 is 29.6 Å². The number of nitrogens with two attached hydrogens (primary N) is 1. The van der Waals surface area contributed by atoms with Gasteiger partial charge in [-0.15, -0.1) is 0 Å². The molecule has 1 heterocycles. The smallest absolute Gasteiger partial charge is 0.344 e. The summed E-state index contributed by atoms with van der Waals surface area (Å²) in [4.78, 5) is 29.3. The number of rotatable bonds is 2. The van der Waals surface area contributed by atoms with Crippen LogP contribution in [0.2, 0.25) is 0 Å². The fraction of sp³-hybridized carbons (Fsp3) is 0.214. The molecular weight excluding hydrogens is 307 g/mol. The number of nitro groups is 1. The van der Waals surface area contributed by atoms with Crippen molar-refractivity contribution in [2.24, 2.45) is 15.7 Å². The van der Waals surface area contributed by atoms with Crippen LogP contribution in [0.5, 0.6) is 0 Å². The van der Waals surface area contributed by atoms with E-state index in [1.165, 1.54) is 13.1 Å². The molecule has 1 aromatic carbocycles. The Balaban J connectivity index is 0.00000127. The van der Waals surface area contributed by atoms with E-state index in [2.05, 4.69) is 9.98 Å². The number of cyclic esters (lactones) is 1. The lowest BCUT2D eigenvalue weighted by molar-refractivity contribution is -0.385. The number of ether oxygens (including phenoxy) is 1. The van der Waals surface area contributed by atoms with Crippen LogP contribution in [0.25, 0.3) is 5.76 Å². The van der Waals surface area contributed by atoms with E-state index in [0.717, 1.165) is 12.4 Å². The van der Waals surface area contributed by atoms with E-state index in [1.807, 2.05) is 13.8 Å². The quantitative estimate of drug-likeness (QED) is 0.294. The van der Waals surface area contributed by atoms with Crippen molar-refractivity contribution < 1.29 is 18.8 Å². The first-order chi connectivity index (χ1) is 11.0. The highest BCUT2D eigenvalue weighted by Crippen LogP contribution is 2.37. The Morgan fingerprint density at radius 1 is 1.43 bits per heavy atom. The number of carbonyl (C=O) groups is 1. The number of hydrogen-bond acceptors (Lipinski definition) is 5. The second-order valence-corrected chi connectivity index (χ2v) is 3.86. The minimum absolute atomic E-state index is 0.0896. The highest BCUT2D eigenvalue weighted by molar-refractivity contribution is 6.10. The molecule has 0 aliphatic carbocycles. The molecule has 0 bridgehead atoms. The van der Waals surface area contributed by atoms with Gasteiger partial charge in [-0.25, -0.2) is 14.2 Å². The molecule has 2 N–H and O–H groups in total. The van der Waals surface area contributed by atoms with Gasteiger partial charge in [0, 0.05) is 13.1 Å². The molecule has 0 atom stereocenters. The average Bonchev–Trinajstić information content (AvgIpc) is 2.84. The van der Waals surface area contributed by atoms with Crippen LogP contribution in [0, 0.1) is 15.9 Å². The van der Waals surface area contributed by atoms with E-state index in [1.54, 1.807) is 0 Å². The largest absolute Gasteiger partial charge is 0.422 e. The lowest BCUT2D eigenvalue weighted by atomic mass is 10.1. The van der Waals surface area contributed by atoms with Crippen molar-refractivity contribution in [3.05, 3.63) is 45.3 Å². The summed E-state index contributed by atoms with van der Waals surface area (Å²) in [7, 11) is 1.41.